The molecule has 0 aliphatic carbocycles. The molecule has 1 aliphatic rings. The van der Waals surface area contributed by atoms with Crippen LogP contribution in [-0.4, -0.2) is 21.0 Å². The summed E-state index contributed by atoms with van der Waals surface area (Å²) in [6.45, 7) is 4.93. The molecule has 0 amide bonds. The first-order valence-corrected chi connectivity index (χ1v) is 8.70. The van der Waals surface area contributed by atoms with Crippen LogP contribution in [0.3, 0.4) is 0 Å². The van der Waals surface area contributed by atoms with Gasteiger partial charge >= 0.3 is 0 Å². The van der Waals surface area contributed by atoms with Crippen LogP contribution in [0, 0.1) is 11.8 Å². The Kier molecular flexibility index (Phi) is 5.37. The molecule has 0 bridgehead atoms. The summed E-state index contributed by atoms with van der Waals surface area (Å²) in [4.78, 5) is 0. The van der Waals surface area contributed by atoms with E-state index >= 15 is 0 Å². The number of rotatable bonds is 7. The van der Waals surface area contributed by atoms with E-state index in [1.807, 2.05) is 12.1 Å². The van der Waals surface area contributed by atoms with Crippen molar-refractivity contribution in [3.8, 4) is 23.0 Å². The van der Waals surface area contributed by atoms with Crippen LogP contribution in [0.1, 0.15) is 25.0 Å². The van der Waals surface area contributed by atoms with E-state index < -0.39 is 0 Å². The second kappa shape index (κ2) is 7.68. The monoisotopic (exact) mass is 342 g/mol. The summed E-state index contributed by atoms with van der Waals surface area (Å²) < 4.78 is 21.6. The molecule has 2 atom stereocenters. The van der Waals surface area contributed by atoms with Gasteiger partial charge in [0, 0.05) is 0 Å². The van der Waals surface area contributed by atoms with Gasteiger partial charge in [0.15, 0.2) is 23.0 Å². The molecule has 2 aromatic rings. The van der Waals surface area contributed by atoms with E-state index in [0.29, 0.717) is 18.6 Å². The molecule has 3 rings (SSSR count). The molecular formula is C21H26O4. The van der Waals surface area contributed by atoms with E-state index in [1.54, 1.807) is 14.2 Å². The number of hydrogen-bond acceptors (Lipinski definition) is 4. The van der Waals surface area contributed by atoms with Crippen molar-refractivity contribution in [3.05, 3.63) is 47.5 Å². The predicted molar refractivity (Wildman–Crippen MR) is 97.8 cm³/mol. The fourth-order valence-electron chi connectivity index (χ4n) is 3.22. The van der Waals surface area contributed by atoms with Gasteiger partial charge in [-0.15, -0.1) is 0 Å². The molecule has 1 heterocycles. The summed E-state index contributed by atoms with van der Waals surface area (Å²) in [5.41, 5.74) is 2.55. The standard InChI is InChI=1S/C21H26O4/c1-14(9-16-5-7-18(22-3)20(11-16)23-4)15(2)10-17-6-8-19-21(12-17)25-13-24-19/h5-8,11-12,14-15H,9-10,13H2,1-4H3/t14-,15+/m0/s1. The van der Waals surface area contributed by atoms with E-state index in [4.69, 9.17) is 18.9 Å². The van der Waals surface area contributed by atoms with Crippen LogP contribution in [0.25, 0.3) is 0 Å². The van der Waals surface area contributed by atoms with Crippen molar-refractivity contribution in [2.75, 3.05) is 21.0 Å². The van der Waals surface area contributed by atoms with Gasteiger partial charge in [0.1, 0.15) is 0 Å². The first kappa shape index (κ1) is 17.5. The normalized spacial score (nSPS) is 14.9. The third kappa shape index (κ3) is 4.01. The van der Waals surface area contributed by atoms with Crippen molar-refractivity contribution in [1.29, 1.82) is 0 Å². The zero-order chi connectivity index (χ0) is 17.8. The molecule has 0 aromatic heterocycles. The third-order valence-electron chi connectivity index (χ3n) is 4.97. The van der Waals surface area contributed by atoms with Gasteiger partial charge in [0.25, 0.3) is 0 Å². The van der Waals surface area contributed by atoms with Crippen LogP contribution in [0.15, 0.2) is 36.4 Å². The largest absolute Gasteiger partial charge is 0.493 e. The molecule has 134 valence electrons. The molecule has 0 radical (unpaired) electrons. The molecule has 0 N–H and O–H groups in total. The van der Waals surface area contributed by atoms with Gasteiger partial charge < -0.3 is 18.9 Å². The Bertz CT molecular complexity index is 726. The Labute approximate surface area is 149 Å². The predicted octanol–water partition coefficient (Wildman–Crippen LogP) is 4.49. The van der Waals surface area contributed by atoms with Crippen molar-refractivity contribution in [1.82, 2.24) is 0 Å². The summed E-state index contributed by atoms with van der Waals surface area (Å²) in [5.74, 6) is 4.35. The lowest BCUT2D eigenvalue weighted by atomic mass is 9.85. The van der Waals surface area contributed by atoms with Crippen molar-refractivity contribution >= 4 is 0 Å². The molecule has 2 aromatic carbocycles. The highest BCUT2D eigenvalue weighted by Crippen LogP contribution is 2.34. The van der Waals surface area contributed by atoms with Crippen LogP contribution in [0.2, 0.25) is 0 Å². The van der Waals surface area contributed by atoms with Gasteiger partial charge in [-0.25, -0.2) is 0 Å². The van der Waals surface area contributed by atoms with Crippen molar-refractivity contribution < 1.29 is 18.9 Å². The number of ether oxygens (including phenoxy) is 4. The van der Waals surface area contributed by atoms with E-state index in [9.17, 15) is 0 Å². The average Bonchev–Trinajstić information content (AvgIpc) is 3.09. The Balaban J connectivity index is 1.63. The zero-order valence-electron chi connectivity index (χ0n) is 15.4. The highest BCUT2D eigenvalue weighted by atomic mass is 16.7. The van der Waals surface area contributed by atoms with E-state index in [1.165, 1.54) is 11.1 Å². The molecular weight excluding hydrogens is 316 g/mol. The minimum atomic E-state index is 0.323. The summed E-state index contributed by atoms with van der Waals surface area (Å²) in [6.07, 6.45) is 2.02. The average molecular weight is 342 g/mol. The first-order chi connectivity index (χ1) is 12.1. The van der Waals surface area contributed by atoms with Gasteiger partial charge in [0.05, 0.1) is 14.2 Å². The van der Waals surface area contributed by atoms with E-state index in [-0.39, 0.29) is 0 Å². The molecule has 0 saturated heterocycles. The van der Waals surface area contributed by atoms with Gasteiger partial charge in [-0.05, 0) is 60.1 Å². The Morgan fingerprint density at radius 3 is 2.08 bits per heavy atom. The summed E-state index contributed by atoms with van der Waals surface area (Å²) in [7, 11) is 3.33. The van der Waals surface area contributed by atoms with E-state index in [0.717, 1.165) is 35.8 Å². The first-order valence-electron chi connectivity index (χ1n) is 8.70. The van der Waals surface area contributed by atoms with Crippen LogP contribution >= 0.6 is 0 Å². The molecule has 4 heteroatoms. The lowest BCUT2D eigenvalue weighted by molar-refractivity contribution is 0.174. The van der Waals surface area contributed by atoms with Gasteiger partial charge in [0.2, 0.25) is 6.79 Å². The minimum absolute atomic E-state index is 0.323. The Morgan fingerprint density at radius 1 is 0.800 bits per heavy atom. The summed E-state index contributed by atoms with van der Waals surface area (Å²) in [5, 5.41) is 0. The number of fused-ring (bicyclic) bond motifs is 1. The van der Waals surface area contributed by atoms with Crippen molar-refractivity contribution in [2.45, 2.75) is 26.7 Å². The lowest BCUT2D eigenvalue weighted by Gasteiger charge is -2.21. The maximum Gasteiger partial charge on any atom is 0.231 e. The SMILES string of the molecule is COc1ccc(C[C@H](C)[C@H](C)Cc2ccc3c(c2)OCO3)cc1OC. The molecule has 25 heavy (non-hydrogen) atoms. The van der Waals surface area contributed by atoms with Crippen molar-refractivity contribution in [2.24, 2.45) is 11.8 Å². The molecule has 0 spiro atoms. The third-order valence-corrected chi connectivity index (χ3v) is 4.97. The molecule has 0 unspecified atom stereocenters. The minimum Gasteiger partial charge on any atom is -0.493 e. The zero-order valence-corrected chi connectivity index (χ0v) is 15.4. The number of benzene rings is 2. The summed E-state index contributed by atoms with van der Waals surface area (Å²) >= 11 is 0. The molecule has 0 saturated carbocycles. The van der Waals surface area contributed by atoms with Crippen LogP contribution < -0.4 is 18.9 Å². The number of hydrogen-bond donors (Lipinski definition) is 0. The topological polar surface area (TPSA) is 36.9 Å². The van der Waals surface area contributed by atoms with Crippen LogP contribution in [-0.2, 0) is 12.8 Å². The van der Waals surface area contributed by atoms with Crippen LogP contribution in [0.4, 0.5) is 0 Å². The molecule has 4 nitrogen and oxygen atoms in total. The molecule has 0 fully saturated rings. The Hall–Kier alpha value is -2.36. The maximum absolute atomic E-state index is 5.48. The quantitative estimate of drug-likeness (QED) is 0.743. The lowest BCUT2D eigenvalue weighted by Crippen LogP contribution is -2.13. The van der Waals surface area contributed by atoms with Gasteiger partial charge in [-0.2, -0.15) is 0 Å². The van der Waals surface area contributed by atoms with E-state index in [2.05, 4.69) is 38.1 Å². The smallest absolute Gasteiger partial charge is 0.231 e. The molecule has 1 aliphatic heterocycles. The second-order valence-corrected chi connectivity index (χ2v) is 6.74. The fraction of sp³-hybridized carbons (Fsp3) is 0.429. The van der Waals surface area contributed by atoms with Crippen LogP contribution in [0.5, 0.6) is 23.0 Å². The summed E-state index contributed by atoms with van der Waals surface area (Å²) in [6, 6.07) is 12.4. The number of methoxy groups -OCH3 is 2. The van der Waals surface area contributed by atoms with Crippen molar-refractivity contribution in [3.63, 3.8) is 0 Å². The van der Waals surface area contributed by atoms with Gasteiger partial charge in [-0.3, -0.25) is 0 Å². The maximum atomic E-state index is 5.48. The highest BCUT2D eigenvalue weighted by molar-refractivity contribution is 5.45. The van der Waals surface area contributed by atoms with Gasteiger partial charge in [-0.1, -0.05) is 26.0 Å². The Morgan fingerprint density at radius 2 is 1.40 bits per heavy atom. The fourth-order valence-corrected chi connectivity index (χ4v) is 3.22. The second-order valence-electron chi connectivity index (χ2n) is 6.74. The highest BCUT2D eigenvalue weighted by Gasteiger charge is 2.18.